The Hall–Kier alpha value is -0.820. The molecule has 0 radical (unpaired) electrons. The molecule has 2 unspecified atom stereocenters. The molecule has 0 aliphatic heterocycles. The summed E-state index contributed by atoms with van der Waals surface area (Å²) >= 11 is 0. The maximum absolute atomic E-state index is 3.25. The molecule has 84 valence electrons. The fraction of sp³-hybridized carbons (Fsp3) is 0.571. The summed E-state index contributed by atoms with van der Waals surface area (Å²) in [6.45, 7) is 5.80. The van der Waals surface area contributed by atoms with Gasteiger partial charge in [0.1, 0.15) is 0 Å². The standard InChI is InChI=1S/C14H23N/c1-12(13(2)11-15-3)9-10-14-7-5-4-6-8-14/h4-8,12-13,15H,9-11H2,1-3H3. The highest BCUT2D eigenvalue weighted by Gasteiger charge is 2.10. The Labute approximate surface area is 93.9 Å². The molecule has 0 aromatic heterocycles. The number of hydrogen-bond donors (Lipinski definition) is 1. The molecule has 15 heavy (non-hydrogen) atoms. The van der Waals surface area contributed by atoms with Crippen molar-refractivity contribution >= 4 is 0 Å². The largest absolute Gasteiger partial charge is 0.319 e. The SMILES string of the molecule is CNCC(C)C(C)CCc1ccccc1. The van der Waals surface area contributed by atoms with Crippen molar-refractivity contribution in [3.63, 3.8) is 0 Å². The van der Waals surface area contributed by atoms with E-state index in [1.807, 2.05) is 7.05 Å². The molecule has 0 aliphatic rings. The maximum atomic E-state index is 3.25. The zero-order valence-corrected chi connectivity index (χ0v) is 10.2. The molecule has 0 heterocycles. The monoisotopic (exact) mass is 205 g/mol. The van der Waals surface area contributed by atoms with Gasteiger partial charge in [0, 0.05) is 0 Å². The quantitative estimate of drug-likeness (QED) is 0.752. The topological polar surface area (TPSA) is 12.0 Å². The highest BCUT2D eigenvalue weighted by atomic mass is 14.8. The summed E-state index contributed by atoms with van der Waals surface area (Å²) in [7, 11) is 2.03. The first kappa shape index (κ1) is 12.3. The molecule has 2 atom stereocenters. The van der Waals surface area contributed by atoms with Crippen molar-refractivity contribution in [1.82, 2.24) is 5.32 Å². The lowest BCUT2D eigenvalue weighted by Gasteiger charge is -2.19. The van der Waals surface area contributed by atoms with Crippen LogP contribution in [0, 0.1) is 11.8 Å². The molecule has 1 rings (SSSR count). The van der Waals surface area contributed by atoms with E-state index < -0.39 is 0 Å². The maximum Gasteiger partial charge on any atom is -0.00236 e. The molecular weight excluding hydrogens is 182 g/mol. The molecule has 1 N–H and O–H groups in total. The number of nitrogens with one attached hydrogen (secondary N) is 1. The van der Waals surface area contributed by atoms with E-state index in [0.29, 0.717) is 0 Å². The normalized spacial score (nSPS) is 14.9. The highest BCUT2D eigenvalue weighted by molar-refractivity contribution is 5.14. The molecule has 1 aromatic carbocycles. The van der Waals surface area contributed by atoms with Crippen molar-refractivity contribution < 1.29 is 0 Å². The van der Waals surface area contributed by atoms with Crippen LogP contribution in [0.5, 0.6) is 0 Å². The van der Waals surface area contributed by atoms with Gasteiger partial charge in [-0.05, 0) is 43.8 Å². The third-order valence-corrected chi connectivity index (χ3v) is 3.23. The van der Waals surface area contributed by atoms with Gasteiger partial charge < -0.3 is 5.32 Å². The van der Waals surface area contributed by atoms with Crippen molar-refractivity contribution in [2.24, 2.45) is 11.8 Å². The molecule has 0 spiro atoms. The Bertz CT molecular complexity index is 255. The van der Waals surface area contributed by atoms with Crippen LogP contribution in [-0.4, -0.2) is 13.6 Å². The lowest BCUT2D eigenvalue weighted by Crippen LogP contribution is -2.22. The Kier molecular flexibility index (Phi) is 5.41. The Morgan fingerprint density at radius 2 is 1.73 bits per heavy atom. The summed E-state index contributed by atoms with van der Waals surface area (Å²) in [6.07, 6.45) is 2.49. The van der Waals surface area contributed by atoms with Gasteiger partial charge in [-0.25, -0.2) is 0 Å². The van der Waals surface area contributed by atoms with Gasteiger partial charge >= 0.3 is 0 Å². The smallest absolute Gasteiger partial charge is 0.00236 e. The average Bonchev–Trinajstić information content (AvgIpc) is 2.27. The van der Waals surface area contributed by atoms with E-state index in [-0.39, 0.29) is 0 Å². The first-order valence-corrected chi connectivity index (χ1v) is 5.92. The number of benzene rings is 1. The predicted octanol–water partition coefficient (Wildman–Crippen LogP) is 3.11. The summed E-state index contributed by atoms with van der Waals surface area (Å²) in [5, 5.41) is 3.25. The lowest BCUT2D eigenvalue weighted by atomic mass is 9.90. The third kappa shape index (κ3) is 4.48. The van der Waals surface area contributed by atoms with Gasteiger partial charge in [0.05, 0.1) is 0 Å². The van der Waals surface area contributed by atoms with Crippen LogP contribution in [0.1, 0.15) is 25.8 Å². The fourth-order valence-corrected chi connectivity index (χ4v) is 1.85. The number of aryl methyl sites for hydroxylation is 1. The van der Waals surface area contributed by atoms with Crippen LogP contribution in [0.4, 0.5) is 0 Å². The zero-order valence-electron chi connectivity index (χ0n) is 10.2. The molecule has 0 fully saturated rings. The van der Waals surface area contributed by atoms with Crippen LogP contribution in [0.3, 0.4) is 0 Å². The first-order chi connectivity index (χ1) is 7.24. The minimum Gasteiger partial charge on any atom is -0.319 e. The summed E-state index contributed by atoms with van der Waals surface area (Å²) in [5.41, 5.74) is 1.46. The van der Waals surface area contributed by atoms with Gasteiger partial charge in [-0.1, -0.05) is 44.2 Å². The second-order valence-electron chi connectivity index (χ2n) is 4.54. The van der Waals surface area contributed by atoms with Crippen LogP contribution in [-0.2, 0) is 6.42 Å². The first-order valence-electron chi connectivity index (χ1n) is 5.92. The van der Waals surface area contributed by atoms with E-state index in [0.717, 1.165) is 18.4 Å². The fourth-order valence-electron chi connectivity index (χ4n) is 1.85. The Morgan fingerprint density at radius 1 is 1.07 bits per heavy atom. The van der Waals surface area contributed by atoms with Crippen molar-refractivity contribution in [1.29, 1.82) is 0 Å². The van der Waals surface area contributed by atoms with Crippen molar-refractivity contribution in [3.8, 4) is 0 Å². The van der Waals surface area contributed by atoms with Crippen LogP contribution in [0.15, 0.2) is 30.3 Å². The zero-order chi connectivity index (χ0) is 11.1. The average molecular weight is 205 g/mol. The van der Waals surface area contributed by atoms with E-state index in [1.54, 1.807) is 0 Å². The molecule has 0 aliphatic carbocycles. The third-order valence-electron chi connectivity index (χ3n) is 3.23. The molecule has 0 amide bonds. The summed E-state index contributed by atoms with van der Waals surface area (Å²) in [6, 6.07) is 10.8. The lowest BCUT2D eigenvalue weighted by molar-refractivity contribution is 0.355. The summed E-state index contributed by atoms with van der Waals surface area (Å²) in [4.78, 5) is 0. The molecule has 1 heteroatoms. The molecule has 0 saturated heterocycles. The molecule has 0 bridgehead atoms. The van der Waals surface area contributed by atoms with Gasteiger partial charge in [0.15, 0.2) is 0 Å². The Balaban J connectivity index is 2.31. The molecule has 1 nitrogen and oxygen atoms in total. The van der Waals surface area contributed by atoms with Crippen molar-refractivity contribution in [3.05, 3.63) is 35.9 Å². The number of rotatable bonds is 6. The minimum absolute atomic E-state index is 0.763. The van der Waals surface area contributed by atoms with E-state index in [1.165, 1.54) is 18.4 Å². The van der Waals surface area contributed by atoms with Gasteiger partial charge in [0.25, 0.3) is 0 Å². The van der Waals surface area contributed by atoms with E-state index in [9.17, 15) is 0 Å². The second-order valence-corrected chi connectivity index (χ2v) is 4.54. The Morgan fingerprint density at radius 3 is 2.33 bits per heavy atom. The van der Waals surface area contributed by atoms with Gasteiger partial charge in [0.2, 0.25) is 0 Å². The minimum atomic E-state index is 0.763. The van der Waals surface area contributed by atoms with Crippen LogP contribution < -0.4 is 5.32 Å². The molecule has 1 aromatic rings. The van der Waals surface area contributed by atoms with Crippen LogP contribution >= 0.6 is 0 Å². The van der Waals surface area contributed by atoms with E-state index in [4.69, 9.17) is 0 Å². The second kappa shape index (κ2) is 6.62. The van der Waals surface area contributed by atoms with Crippen molar-refractivity contribution in [2.45, 2.75) is 26.7 Å². The van der Waals surface area contributed by atoms with Crippen LogP contribution in [0.25, 0.3) is 0 Å². The molecular formula is C14H23N. The highest BCUT2D eigenvalue weighted by Crippen LogP contribution is 2.17. The number of hydrogen-bond acceptors (Lipinski definition) is 1. The van der Waals surface area contributed by atoms with Gasteiger partial charge in [-0.3, -0.25) is 0 Å². The van der Waals surface area contributed by atoms with E-state index >= 15 is 0 Å². The van der Waals surface area contributed by atoms with Gasteiger partial charge in [-0.15, -0.1) is 0 Å². The molecule has 0 saturated carbocycles. The van der Waals surface area contributed by atoms with Crippen molar-refractivity contribution in [2.75, 3.05) is 13.6 Å². The van der Waals surface area contributed by atoms with E-state index in [2.05, 4.69) is 49.5 Å². The predicted molar refractivity (Wildman–Crippen MR) is 67.0 cm³/mol. The summed E-state index contributed by atoms with van der Waals surface area (Å²) in [5.74, 6) is 1.55. The van der Waals surface area contributed by atoms with Crippen LogP contribution in [0.2, 0.25) is 0 Å². The van der Waals surface area contributed by atoms with Gasteiger partial charge in [-0.2, -0.15) is 0 Å². The summed E-state index contributed by atoms with van der Waals surface area (Å²) < 4.78 is 0.